The molecule has 1 fully saturated rings. The lowest BCUT2D eigenvalue weighted by atomic mass is 9.79. The van der Waals surface area contributed by atoms with Crippen LogP contribution in [0.15, 0.2) is 23.1 Å². The molecule has 0 aromatic heterocycles. The zero-order valence-corrected chi connectivity index (χ0v) is 14.4. The largest absolute Gasteiger partial charge is 0.494 e. The van der Waals surface area contributed by atoms with Crippen LogP contribution in [0.3, 0.4) is 0 Å². The van der Waals surface area contributed by atoms with Crippen molar-refractivity contribution in [3.05, 3.63) is 18.2 Å². The highest BCUT2D eigenvalue weighted by Gasteiger charge is 2.51. The minimum absolute atomic E-state index is 0.0467. The Bertz CT molecular complexity index is 656. The Morgan fingerprint density at radius 3 is 2.18 bits per heavy atom. The van der Waals surface area contributed by atoms with Crippen molar-refractivity contribution in [2.45, 2.75) is 50.7 Å². The summed E-state index contributed by atoms with van der Waals surface area (Å²) < 4.78 is 40.5. The van der Waals surface area contributed by atoms with Crippen molar-refractivity contribution in [1.29, 1.82) is 0 Å². The minimum atomic E-state index is -3.85. The summed E-state index contributed by atoms with van der Waals surface area (Å²) in [6.45, 7) is 9.92. The summed E-state index contributed by atoms with van der Waals surface area (Å²) in [7, 11) is -4.43. The first kappa shape index (κ1) is 17.3. The van der Waals surface area contributed by atoms with Gasteiger partial charge in [0.15, 0.2) is 0 Å². The minimum Gasteiger partial charge on any atom is -0.492 e. The second-order valence-corrected chi connectivity index (χ2v) is 7.80. The third kappa shape index (κ3) is 3.15. The maximum atomic E-state index is 11.6. The van der Waals surface area contributed by atoms with Crippen LogP contribution < -0.4 is 15.3 Å². The normalized spacial score (nSPS) is 20.2. The fraction of sp³-hybridized carbons (Fsp3) is 0.571. The molecule has 6 nitrogen and oxygen atoms in total. The Morgan fingerprint density at radius 1 is 1.18 bits per heavy atom. The van der Waals surface area contributed by atoms with E-state index in [0.717, 1.165) is 0 Å². The van der Waals surface area contributed by atoms with E-state index >= 15 is 0 Å². The van der Waals surface area contributed by atoms with E-state index in [2.05, 4.69) is 0 Å². The van der Waals surface area contributed by atoms with E-state index in [1.165, 1.54) is 6.07 Å². The summed E-state index contributed by atoms with van der Waals surface area (Å²) in [5.74, 6) is 0.206. The van der Waals surface area contributed by atoms with Crippen molar-refractivity contribution in [1.82, 2.24) is 0 Å². The van der Waals surface area contributed by atoms with Crippen LogP contribution in [-0.2, 0) is 19.3 Å². The van der Waals surface area contributed by atoms with Gasteiger partial charge in [0, 0.05) is 0 Å². The maximum Gasteiger partial charge on any atom is 0.494 e. The summed E-state index contributed by atoms with van der Waals surface area (Å²) in [6, 6.07) is 4.65. The van der Waals surface area contributed by atoms with Gasteiger partial charge in [0.05, 0.1) is 17.8 Å². The second kappa shape index (κ2) is 5.52. The van der Waals surface area contributed by atoms with Gasteiger partial charge in [-0.1, -0.05) is 6.07 Å². The third-order valence-electron chi connectivity index (χ3n) is 4.10. The Hall–Kier alpha value is -1.09. The molecule has 2 rings (SSSR count). The molecule has 8 heteroatoms. The van der Waals surface area contributed by atoms with Gasteiger partial charge in [-0.25, -0.2) is 13.6 Å². The van der Waals surface area contributed by atoms with Crippen LogP contribution in [0.2, 0.25) is 0 Å². The topological polar surface area (TPSA) is 87.8 Å². The van der Waals surface area contributed by atoms with E-state index in [1.54, 1.807) is 19.1 Å². The molecule has 0 aliphatic carbocycles. The number of primary sulfonamides is 1. The highest BCUT2D eigenvalue weighted by Crippen LogP contribution is 2.36. The summed E-state index contributed by atoms with van der Waals surface area (Å²) in [5.41, 5.74) is -0.251. The van der Waals surface area contributed by atoms with Crippen molar-refractivity contribution in [2.75, 3.05) is 6.61 Å². The standard InChI is InChI=1S/C14H22BNO5S/c1-6-19-11-9-10(7-8-12(11)22(16,17)18)15-20-13(2,3)14(4,5)21-15/h7-9H,6H2,1-5H3,(H2,16,17,18). The Morgan fingerprint density at radius 2 is 1.73 bits per heavy atom. The van der Waals surface area contributed by atoms with Gasteiger partial charge in [-0.15, -0.1) is 0 Å². The second-order valence-electron chi connectivity index (χ2n) is 6.27. The molecule has 0 radical (unpaired) electrons. The average Bonchev–Trinajstić information content (AvgIpc) is 2.57. The molecule has 1 aromatic rings. The van der Waals surface area contributed by atoms with E-state index in [-0.39, 0.29) is 10.6 Å². The van der Waals surface area contributed by atoms with Crippen LogP contribution in [0.5, 0.6) is 5.75 Å². The number of benzene rings is 1. The number of hydrogen-bond donors (Lipinski definition) is 1. The van der Waals surface area contributed by atoms with Crippen molar-refractivity contribution >= 4 is 22.6 Å². The van der Waals surface area contributed by atoms with Gasteiger partial charge in [-0.3, -0.25) is 0 Å². The van der Waals surface area contributed by atoms with Crippen LogP contribution in [0, 0.1) is 0 Å². The fourth-order valence-electron chi connectivity index (χ4n) is 2.15. The Kier molecular flexibility index (Phi) is 4.34. The van der Waals surface area contributed by atoms with E-state index in [9.17, 15) is 8.42 Å². The predicted octanol–water partition coefficient (Wildman–Crippen LogP) is 1.03. The molecule has 1 aromatic carbocycles. The molecule has 0 amide bonds. The lowest BCUT2D eigenvalue weighted by Gasteiger charge is -2.32. The molecule has 1 aliphatic heterocycles. The first-order chi connectivity index (χ1) is 9.98. The highest BCUT2D eigenvalue weighted by atomic mass is 32.2. The van der Waals surface area contributed by atoms with Gasteiger partial charge in [-0.2, -0.15) is 0 Å². The first-order valence-corrected chi connectivity index (χ1v) is 8.68. The molecule has 22 heavy (non-hydrogen) atoms. The molecular weight excluding hydrogens is 305 g/mol. The van der Waals surface area contributed by atoms with Crippen LogP contribution >= 0.6 is 0 Å². The average molecular weight is 327 g/mol. The number of nitrogens with two attached hydrogens (primary N) is 1. The summed E-state index contributed by atoms with van der Waals surface area (Å²) in [6.07, 6.45) is 0. The number of rotatable bonds is 4. The molecule has 1 aliphatic rings. The van der Waals surface area contributed by atoms with Crippen LogP contribution in [0.4, 0.5) is 0 Å². The number of sulfonamides is 1. The zero-order valence-electron chi connectivity index (χ0n) is 13.5. The monoisotopic (exact) mass is 327 g/mol. The van der Waals surface area contributed by atoms with E-state index < -0.39 is 28.3 Å². The molecule has 0 spiro atoms. The molecule has 122 valence electrons. The van der Waals surface area contributed by atoms with Gasteiger partial charge < -0.3 is 14.0 Å². The van der Waals surface area contributed by atoms with Gasteiger partial charge >= 0.3 is 7.12 Å². The molecular formula is C14H22BNO5S. The lowest BCUT2D eigenvalue weighted by Crippen LogP contribution is -2.41. The number of ether oxygens (including phenoxy) is 1. The van der Waals surface area contributed by atoms with E-state index in [1.807, 2.05) is 27.7 Å². The molecule has 1 heterocycles. The third-order valence-corrected chi connectivity index (χ3v) is 5.05. The van der Waals surface area contributed by atoms with Gasteiger partial charge in [-0.05, 0) is 52.2 Å². The van der Waals surface area contributed by atoms with Crippen LogP contribution in [-0.4, -0.2) is 33.3 Å². The lowest BCUT2D eigenvalue weighted by molar-refractivity contribution is 0.00578. The molecule has 0 atom stereocenters. The molecule has 2 N–H and O–H groups in total. The maximum absolute atomic E-state index is 11.6. The molecule has 0 saturated carbocycles. The molecule has 0 unspecified atom stereocenters. The first-order valence-electron chi connectivity index (χ1n) is 7.13. The van der Waals surface area contributed by atoms with Gasteiger partial charge in [0.2, 0.25) is 10.0 Å². The van der Waals surface area contributed by atoms with Gasteiger partial charge in [0.1, 0.15) is 10.6 Å². The van der Waals surface area contributed by atoms with Gasteiger partial charge in [0.25, 0.3) is 0 Å². The zero-order chi connectivity index (χ0) is 16.8. The predicted molar refractivity (Wildman–Crippen MR) is 84.7 cm³/mol. The van der Waals surface area contributed by atoms with Crippen LogP contribution in [0.1, 0.15) is 34.6 Å². The fourth-order valence-corrected chi connectivity index (χ4v) is 2.81. The quantitative estimate of drug-likeness (QED) is 0.835. The SMILES string of the molecule is CCOc1cc(B2OC(C)(C)C(C)(C)O2)ccc1S(N)(=O)=O. The van der Waals surface area contributed by atoms with Crippen molar-refractivity contribution in [2.24, 2.45) is 5.14 Å². The Labute approximate surface area is 132 Å². The molecule has 0 bridgehead atoms. The highest BCUT2D eigenvalue weighted by molar-refractivity contribution is 7.89. The van der Waals surface area contributed by atoms with Crippen molar-refractivity contribution in [3.63, 3.8) is 0 Å². The summed E-state index contributed by atoms with van der Waals surface area (Å²) >= 11 is 0. The van der Waals surface area contributed by atoms with Crippen LogP contribution in [0.25, 0.3) is 0 Å². The van der Waals surface area contributed by atoms with Crippen molar-refractivity contribution < 1.29 is 22.5 Å². The smallest absolute Gasteiger partial charge is 0.492 e. The van der Waals surface area contributed by atoms with E-state index in [0.29, 0.717) is 12.1 Å². The summed E-state index contributed by atoms with van der Waals surface area (Å²) in [4.78, 5) is -0.0467. The van der Waals surface area contributed by atoms with E-state index in [4.69, 9.17) is 19.2 Å². The summed E-state index contributed by atoms with van der Waals surface area (Å²) in [5, 5.41) is 5.21. The number of hydrogen-bond acceptors (Lipinski definition) is 5. The molecule has 1 saturated heterocycles. The van der Waals surface area contributed by atoms with Crippen molar-refractivity contribution in [3.8, 4) is 5.75 Å². The Balaban J connectivity index is 2.41.